The number of benzene rings is 1. The van der Waals surface area contributed by atoms with Crippen LogP contribution in [-0.4, -0.2) is 5.25 Å². The van der Waals surface area contributed by atoms with Crippen LogP contribution in [0, 0.1) is 0 Å². The maximum atomic E-state index is 2.46. The second-order valence-electron chi connectivity index (χ2n) is 8.75. The maximum absolute atomic E-state index is 2.46. The van der Waals surface area contributed by atoms with Gasteiger partial charge in [-0.15, -0.1) is 11.8 Å². The molecule has 0 fully saturated rings. The third kappa shape index (κ3) is 3.31. The van der Waals surface area contributed by atoms with Gasteiger partial charge in [0.1, 0.15) is 0 Å². The predicted octanol–water partition coefficient (Wildman–Crippen LogP) is 6.85. The zero-order valence-electron chi connectivity index (χ0n) is 15.5. The van der Waals surface area contributed by atoms with Crippen LogP contribution < -0.4 is 0 Å². The van der Waals surface area contributed by atoms with E-state index in [0.29, 0.717) is 16.1 Å². The van der Waals surface area contributed by atoms with Crippen molar-refractivity contribution in [1.29, 1.82) is 0 Å². The molecule has 1 aliphatic heterocycles. The molecular weight excluding hydrogens is 296 g/mol. The number of hydrogen-bond acceptors (Lipinski definition) is 1. The van der Waals surface area contributed by atoms with Gasteiger partial charge in [-0.3, -0.25) is 0 Å². The van der Waals surface area contributed by atoms with Gasteiger partial charge in [0, 0.05) is 5.25 Å². The Morgan fingerprint density at radius 1 is 1.09 bits per heavy atom. The minimum atomic E-state index is 0.295. The van der Waals surface area contributed by atoms with Gasteiger partial charge >= 0.3 is 0 Å². The Kier molecular flexibility index (Phi) is 4.29. The van der Waals surface area contributed by atoms with E-state index in [1.165, 1.54) is 36.0 Å². The molecule has 124 valence electrons. The predicted molar refractivity (Wildman–Crippen MR) is 105 cm³/mol. The van der Waals surface area contributed by atoms with Crippen molar-refractivity contribution < 1.29 is 0 Å². The lowest BCUT2D eigenvalue weighted by Gasteiger charge is -2.42. The Bertz CT molecular complexity index is 673. The van der Waals surface area contributed by atoms with Crippen molar-refractivity contribution in [3.05, 3.63) is 51.4 Å². The van der Waals surface area contributed by atoms with Gasteiger partial charge in [0.25, 0.3) is 0 Å². The van der Waals surface area contributed by atoms with Crippen LogP contribution in [0.3, 0.4) is 0 Å². The van der Waals surface area contributed by atoms with Crippen LogP contribution in [0.5, 0.6) is 0 Å². The minimum Gasteiger partial charge on any atom is -0.126 e. The zero-order valence-corrected chi connectivity index (χ0v) is 16.3. The number of fused-ring (bicyclic) bond motifs is 1. The van der Waals surface area contributed by atoms with Crippen LogP contribution in [-0.2, 0) is 10.8 Å². The molecule has 2 aliphatic rings. The first-order chi connectivity index (χ1) is 10.7. The van der Waals surface area contributed by atoms with Crippen molar-refractivity contribution in [2.75, 3.05) is 0 Å². The van der Waals surface area contributed by atoms with Gasteiger partial charge in [-0.25, -0.2) is 0 Å². The second-order valence-corrected chi connectivity index (χ2v) is 9.83. The summed E-state index contributed by atoms with van der Waals surface area (Å²) in [4.78, 5) is 0. The molecule has 1 aromatic rings. The highest BCUT2D eigenvalue weighted by Crippen LogP contribution is 2.46. The molecule has 1 atom stereocenters. The normalized spacial score (nSPS) is 25.9. The average molecular weight is 327 g/mol. The summed E-state index contributed by atoms with van der Waals surface area (Å²) in [6, 6.07) is 7.17. The summed E-state index contributed by atoms with van der Waals surface area (Å²) in [6.07, 6.45) is 6.17. The van der Waals surface area contributed by atoms with Crippen molar-refractivity contribution in [2.45, 2.75) is 76.9 Å². The topological polar surface area (TPSA) is 0 Å². The minimum absolute atomic E-state index is 0.295. The summed E-state index contributed by atoms with van der Waals surface area (Å²) in [5, 5.41) is 2.95. The second kappa shape index (κ2) is 5.84. The van der Waals surface area contributed by atoms with Crippen molar-refractivity contribution in [1.82, 2.24) is 0 Å². The molecular formula is C22H30S. The molecule has 1 unspecified atom stereocenters. The first-order valence-corrected chi connectivity index (χ1v) is 9.78. The van der Waals surface area contributed by atoms with E-state index >= 15 is 0 Å². The van der Waals surface area contributed by atoms with Crippen LogP contribution in [0.2, 0.25) is 0 Å². The fourth-order valence-corrected chi connectivity index (χ4v) is 5.04. The van der Waals surface area contributed by atoms with Crippen molar-refractivity contribution >= 4 is 17.8 Å². The Morgan fingerprint density at radius 3 is 2.35 bits per heavy atom. The summed E-state index contributed by atoms with van der Waals surface area (Å²) < 4.78 is 0. The van der Waals surface area contributed by atoms with Crippen LogP contribution in [0.1, 0.15) is 77.5 Å². The number of hydrogen-bond donors (Lipinski definition) is 0. The first kappa shape index (κ1) is 16.9. The number of rotatable bonds is 2. The highest BCUT2D eigenvalue weighted by atomic mass is 32.2. The quantitative estimate of drug-likeness (QED) is 0.573. The fraction of sp³-hybridized carbons (Fsp3) is 0.545. The van der Waals surface area contributed by atoms with E-state index in [0.717, 1.165) is 0 Å². The molecule has 0 bridgehead atoms. The van der Waals surface area contributed by atoms with Gasteiger partial charge in [-0.05, 0) is 66.0 Å². The Morgan fingerprint density at radius 2 is 1.74 bits per heavy atom. The molecule has 0 spiro atoms. The molecule has 1 aliphatic carbocycles. The third-order valence-corrected chi connectivity index (χ3v) is 7.13. The van der Waals surface area contributed by atoms with Gasteiger partial charge in [-0.2, -0.15) is 0 Å². The molecule has 0 N–H and O–H groups in total. The molecule has 0 aromatic heterocycles. The fourth-order valence-electron chi connectivity index (χ4n) is 3.91. The molecule has 1 heteroatoms. The lowest BCUT2D eigenvalue weighted by atomic mass is 9.63. The van der Waals surface area contributed by atoms with Crippen LogP contribution in [0.25, 0.3) is 6.08 Å². The third-order valence-electron chi connectivity index (χ3n) is 5.72. The Balaban J connectivity index is 1.94. The lowest BCUT2D eigenvalue weighted by Crippen LogP contribution is -2.33. The van der Waals surface area contributed by atoms with E-state index in [9.17, 15) is 0 Å². The summed E-state index contributed by atoms with van der Waals surface area (Å²) >= 11 is 1.98. The van der Waals surface area contributed by atoms with E-state index in [-0.39, 0.29) is 0 Å². The van der Waals surface area contributed by atoms with E-state index in [1.807, 2.05) is 11.8 Å². The summed E-state index contributed by atoms with van der Waals surface area (Å²) in [6.45, 7) is 14.1. The van der Waals surface area contributed by atoms with Crippen molar-refractivity contribution in [2.24, 2.45) is 0 Å². The Labute approximate surface area is 146 Å². The number of allylic oxidation sites excluding steroid dienone is 1. The highest BCUT2D eigenvalue weighted by molar-refractivity contribution is 8.03. The molecule has 0 radical (unpaired) electrons. The highest BCUT2D eigenvalue weighted by Gasteiger charge is 2.36. The van der Waals surface area contributed by atoms with Gasteiger partial charge in [0.2, 0.25) is 0 Å². The van der Waals surface area contributed by atoms with Crippen LogP contribution in [0.15, 0.2) is 34.8 Å². The molecule has 1 heterocycles. The van der Waals surface area contributed by atoms with E-state index in [1.54, 1.807) is 11.1 Å². The summed E-state index contributed by atoms with van der Waals surface area (Å²) in [5.74, 6) is 0. The van der Waals surface area contributed by atoms with E-state index in [2.05, 4.69) is 71.2 Å². The van der Waals surface area contributed by atoms with Crippen molar-refractivity contribution in [3.63, 3.8) is 0 Å². The molecule has 0 nitrogen and oxygen atoms in total. The lowest BCUT2D eigenvalue weighted by molar-refractivity contribution is 0.332. The van der Waals surface area contributed by atoms with Gasteiger partial charge in [0.15, 0.2) is 0 Å². The molecule has 0 saturated carbocycles. The van der Waals surface area contributed by atoms with E-state index < -0.39 is 0 Å². The summed E-state index contributed by atoms with van der Waals surface area (Å²) in [7, 11) is 0. The smallest absolute Gasteiger partial charge is 0.0335 e. The van der Waals surface area contributed by atoms with Crippen LogP contribution >= 0.6 is 11.8 Å². The summed E-state index contributed by atoms with van der Waals surface area (Å²) in [5.41, 5.74) is 8.10. The monoisotopic (exact) mass is 326 g/mol. The Hall–Kier alpha value is -0.950. The van der Waals surface area contributed by atoms with Gasteiger partial charge in [0.05, 0.1) is 0 Å². The van der Waals surface area contributed by atoms with Crippen molar-refractivity contribution in [3.8, 4) is 0 Å². The molecule has 0 amide bonds. The van der Waals surface area contributed by atoms with Gasteiger partial charge in [-0.1, -0.05) is 63.1 Å². The first-order valence-electron chi connectivity index (χ1n) is 8.83. The van der Waals surface area contributed by atoms with E-state index in [4.69, 9.17) is 0 Å². The average Bonchev–Trinajstić information content (AvgIpc) is 2.91. The number of thioether (sulfide) groups is 1. The van der Waals surface area contributed by atoms with Crippen LogP contribution in [0.4, 0.5) is 0 Å². The molecule has 1 aromatic carbocycles. The SMILES string of the molecule is CC1=CSC(/C(C)=C\c2ccc3c(c2)C(C)(C)CCC3(C)C)C1. The molecule has 0 saturated heterocycles. The van der Waals surface area contributed by atoms with Gasteiger partial charge < -0.3 is 0 Å². The largest absolute Gasteiger partial charge is 0.126 e. The molecule has 3 rings (SSSR count). The molecule has 23 heavy (non-hydrogen) atoms. The maximum Gasteiger partial charge on any atom is 0.0335 e. The zero-order chi connectivity index (χ0) is 16.8. The standard InChI is InChI=1S/C22H30S/c1-15-11-20(23-14-15)16(2)12-17-7-8-18-19(13-17)22(5,6)10-9-21(18,3)4/h7-8,12-14,20H,9-11H2,1-6H3/b16-12-.